The molecule has 0 aliphatic rings. The van der Waals surface area contributed by atoms with E-state index in [0.29, 0.717) is 21.9 Å². The smallest absolute Gasteiger partial charge is 0.375 e. The molecule has 0 spiro atoms. The van der Waals surface area contributed by atoms with Crippen molar-refractivity contribution in [3.63, 3.8) is 0 Å². The van der Waals surface area contributed by atoms with Gasteiger partial charge in [-0.3, -0.25) is 9.78 Å². The molecule has 1 N–H and O–H groups in total. The maximum atomic E-state index is 12.4. The van der Waals surface area contributed by atoms with Crippen LogP contribution in [0.5, 0.6) is 0 Å². The van der Waals surface area contributed by atoms with Crippen LogP contribution in [-0.4, -0.2) is 23.5 Å². The monoisotopic (exact) mass is 394 g/mol. The highest BCUT2D eigenvalue weighted by atomic mass is 35.5. The number of nitrogens with zero attached hydrogens (tertiary/aromatic N) is 1. The zero-order chi connectivity index (χ0) is 19.7. The number of furan rings is 1. The third-order valence-electron chi connectivity index (χ3n) is 4.36. The van der Waals surface area contributed by atoms with Crippen molar-refractivity contribution in [1.82, 2.24) is 4.98 Å². The highest BCUT2D eigenvalue weighted by Gasteiger charge is 2.21. The number of carbonyl (C=O) groups excluding carboxylic acids is 2. The molecule has 4 rings (SSSR count). The van der Waals surface area contributed by atoms with Gasteiger partial charge in [-0.05, 0) is 37.3 Å². The van der Waals surface area contributed by atoms with Crippen LogP contribution in [0, 0.1) is 6.92 Å². The molecule has 2 heterocycles. The van der Waals surface area contributed by atoms with Crippen molar-refractivity contribution < 1.29 is 18.7 Å². The van der Waals surface area contributed by atoms with Crippen LogP contribution in [0.15, 0.2) is 59.1 Å². The Balaban J connectivity index is 1.47. The van der Waals surface area contributed by atoms with E-state index in [1.54, 1.807) is 49.5 Å². The Hall–Kier alpha value is -3.38. The molecule has 6 nitrogen and oxygen atoms in total. The topological polar surface area (TPSA) is 81.4 Å². The summed E-state index contributed by atoms with van der Waals surface area (Å²) in [5, 5.41) is 4.67. The Bertz CT molecular complexity index is 1210. The lowest BCUT2D eigenvalue weighted by Gasteiger charge is -2.08. The summed E-state index contributed by atoms with van der Waals surface area (Å²) in [6.45, 7) is 1.29. The summed E-state index contributed by atoms with van der Waals surface area (Å²) in [4.78, 5) is 28.9. The number of benzene rings is 2. The lowest BCUT2D eigenvalue weighted by atomic mass is 10.1. The van der Waals surface area contributed by atoms with E-state index in [2.05, 4.69) is 10.3 Å². The first-order chi connectivity index (χ1) is 13.5. The van der Waals surface area contributed by atoms with E-state index in [0.717, 1.165) is 16.3 Å². The minimum atomic E-state index is -0.723. The Labute approximate surface area is 165 Å². The lowest BCUT2D eigenvalue weighted by Crippen LogP contribution is -2.21. The zero-order valence-corrected chi connectivity index (χ0v) is 15.6. The average molecular weight is 395 g/mol. The molecule has 1 amide bonds. The van der Waals surface area contributed by atoms with Crippen molar-refractivity contribution in [2.45, 2.75) is 6.92 Å². The SMILES string of the molecule is Cc1c(C(=O)OCC(=O)Nc2cccc3ncccc23)oc2c(Cl)cccc12. The summed E-state index contributed by atoms with van der Waals surface area (Å²) in [6.07, 6.45) is 1.68. The molecule has 0 fully saturated rings. The number of pyridine rings is 1. The molecule has 0 saturated carbocycles. The molecule has 28 heavy (non-hydrogen) atoms. The van der Waals surface area contributed by atoms with Gasteiger partial charge in [0.25, 0.3) is 5.91 Å². The Kier molecular flexibility index (Phi) is 4.71. The fourth-order valence-electron chi connectivity index (χ4n) is 3.00. The molecule has 4 aromatic rings. The first kappa shape index (κ1) is 18.0. The van der Waals surface area contributed by atoms with Crippen molar-refractivity contribution in [3.05, 3.63) is 71.1 Å². The van der Waals surface area contributed by atoms with Crippen LogP contribution in [0.3, 0.4) is 0 Å². The van der Waals surface area contributed by atoms with E-state index in [9.17, 15) is 9.59 Å². The van der Waals surface area contributed by atoms with Crippen LogP contribution in [0.1, 0.15) is 16.1 Å². The number of aryl methyl sites for hydroxylation is 1. The molecule has 0 radical (unpaired) electrons. The van der Waals surface area contributed by atoms with Crippen LogP contribution < -0.4 is 5.32 Å². The molecule has 0 bridgehead atoms. The third-order valence-corrected chi connectivity index (χ3v) is 4.65. The van der Waals surface area contributed by atoms with Gasteiger partial charge in [-0.1, -0.05) is 29.8 Å². The Morgan fingerprint density at radius 2 is 1.89 bits per heavy atom. The van der Waals surface area contributed by atoms with Crippen molar-refractivity contribution in [3.8, 4) is 0 Å². The maximum Gasteiger partial charge on any atom is 0.375 e. The normalized spacial score (nSPS) is 10.9. The summed E-state index contributed by atoms with van der Waals surface area (Å²) in [6, 6.07) is 14.3. The van der Waals surface area contributed by atoms with E-state index >= 15 is 0 Å². The minimum Gasteiger partial charge on any atom is -0.450 e. The molecular weight excluding hydrogens is 380 g/mol. The highest BCUT2D eigenvalue weighted by molar-refractivity contribution is 6.35. The van der Waals surface area contributed by atoms with Crippen molar-refractivity contribution in [2.75, 3.05) is 11.9 Å². The predicted molar refractivity (Wildman–Crippen MR) is 107 cm³/mol. The number of nitrogens with one attached hydrogen (secondary N) is 1. The molecule has 7 heteroatoms. The van der Waals surface area contributed by atoms with E-state index in [4.69, 9.17) is 20.8 Å². The summed E-state index contributed by atoms with van der Waals surface area (Å²) in [7, 11) is 0. The molecule has 0 atom stereocenters. The van der Waals surface area contributed by atoms with E-state index < -0.39 is 18.5 Å². The standard InChI is InChI=1S/C21H15ClN2O4/c1-12-13-5-2-7-15(22)20(13)28-19(12)21(26)27-11-18(25)24-17-9-3-8-16-14(17)6-4-10-23-16/h2-10H,11H2,1H3,(H,24,25). The summed E-state index contributed by atoms with van der Waals surface area (Å²) < 4.78 is 10.7. The minimum absolute atomic E-state index is 0.0326. The number of hydrogen-bond acceptors (Lipinski definition) is 5. The van der Waals surface area contributed by atoms with E-state index in [-0.39, 0.29) is 5.76 Å². The number of fused-ring (bicyclic) bond motifs is 2. The number of carbonyl (C=O) groups is 2. The number of ether oxygens (including phenoxy) is 1. The van der Waals surface area contributed by atoms with Gasteiger partial charge in [-0.2, -0.15) is 0 Å². The fraction of sp³-hybridized carbons (Fsp3) is 0.0952. The molecule has 0 aliphatic heterocycles. The van der Waals surface area contributed by atoms with Gasteiger partial charge in [0.05, 0.1) is 16.2 Å². The second-order valence-corrected chi connectivity index (χ2v) is 6.58. The highest BCUT2D eigenvalue weighted by Crippen LogP contribution is 2.31. The van der Waals surface area contributed by atoms with E-state index in [1.807, 2.05) is 12.1 Å². The summed E-state index contributed by atoms with van der Waals surface area (Å²) >= 11 is 6.10. The molecule has 2 aromatic carbocycles. The van der Waals surface area contributed by atoms with Crippen LogP contribution in [0.2, 0.25) is 5.02 Å². The van der Waals surface area contributed by atoms with Crippen molar-refractivity contribution in [2.24, 2.45) is 0 Å². The number of esters is 1. The zero-order valence-electron chi connectivity index (χ0n) is 14.9. The summed E-state index contributed by atoms with van der Waals surface area (Å²) in [5.74, 6) is -1.15. The van der Waals surface area contributed by atoms with Crippen LogP contribution in [0.4, 0.5) is 5.69 Å². The Morgan fingerprint density at radius 1 is 1.11 bits per heavy atom. The van der Waals surface area contributed by atoms with Crippen LogP contribution >= 0.6 is 11.6 Å². The predicted octanol–water partition coefficient (Wildman–Crippen LogP) is 4.74. The first-order valence-corrected chi connectivity index (χ1v) is 8.90. The van der Waals surface area contributed by atoms with Gasteiger partial charge in [0, 0.05) is 22.5 Å². The van der Waals surface area contributed by atoms with Gasteiger partial charge in [-0.25, -0.2) is 4.79 Å². The van der Waals surface area contributed by atoms with Gasteiger partial charge < -0.3 is 14.5 Å². The third kappa shape index (κ3) is 3.30. The van der Waals surface area contributed by atoms with Crippen LogP contribution in [-0.2, 0) is 9.53 Å². The fourth-order valence-corrected chi connectivity index (χ4v) is 3.21. The van der Waals surface area contributed by atoms with Gasteiger partial charge in [0.1, 0.15) is 0 Å². The van der Waals surface area contributed by atoms with Crippen molar-refractivity contribution in [1.29, 1.82) is 0 Å². The maximum absolute atomic E-state index is 12.4. The second-order valence-electron chi connectivity index (χ2n) is 6.17. The number of halogens is 1. The quantitative estimate of drug-likeness (QED) is 0.505. The largest absolute Gasteiger partial charge is 0.450 e. The molecule has 0 saturated heterocycles. The number of amides is 1. The van der Waals surface area contributed by atoms with Crippen molar-refractivity contribution >= 4 is 51.0 Å². The molecule has 0 unspecified atom stereocenters. The summed E-state index contributed by atoms with van der Waals surface area (Å²) in [5.41, 5.74) is 2.38. The van der Waals surface area contributed by atoms with E-state index in [1.165, 1.54) is 0 Å². The Morgan fingerprint density at radius 3 is 2.71 bits per heavy atom. The average Bonchev–Trinajstić information content (AvgIpc) is 3.05. The van der Waals surface area contributed by atoms with Gasteiger partial charge in [0.2, 0.25) is 5.76 Å². The molecule has 0 aliphatic carbocycles. The first-order valence-electron chi connectivity index (χ1n) is 8.53. The number of rotatable bonds is 4. The number of aromatic nitrogens is 1. The number of anilines is 1. The molecule has 140 valence electrons. The van der Waals surface area contributed by atoms with Crippen LogP contribution in [0.25, 0.3) is 21.9 Å². The molecular formula is C21H15ClN2O4. The second kappa shape index (κ2) is 7.32. The van der Waals surface area contributed by atoms with Gasteiger partial charge in [0.15, 0.2) is 12.2 Å². The lowest BCUT2D eigenvalue weighted by molar-refractivity contribution is -0.119. The van der Waals surface area contributed by atoms with Gasteiger partial charge >= 0.3 is 5.97 Å². The van der Waals surface area contributed by atoms with Gasteiger partial charge in [-0.15, -0.1) is 0 Å². The number of para-hydroxylation sites is 1. The molecule has 2 aromatic heterocycles. The number of hydrogen-bond donors (Lipinski definition) is 1.